The molecule has 6 heteroatoms. The van der Waals surface area contributed by atoms with Crippen molar-refractivity contribution in [3.05, 3.63) is 29.8 Å². The predicted molar refractivity (Wildman–Crippen MR) is 88.1 cm³/mol. The maximum atomic E-state index is 12.2. The van der Waals surface area contributed by atoms with Gasteiger partial charge in [0.05, 0.1) is 20.3 Å². The molecule has 0 aliphatic heterocycles. The normalized spacial score (nSPS) is 13.3. The minimum atomic E-state index is -0.780. The fraction of sp³-hybridized carbons (Fsp3) is 0.529. The first-order chi connectivity index (χ1) is 10.9. The Kier molecular flexibility index (Phi) is 7.54. The number of ether oxygens (including phenoxy) is 2. The number of nitrogens with two attached hydrogens (primary N) is 1. The number of hydrogen-bond donors (Lipinski definition) is 2. The van der Waals surface area contributed by atoms with Gasteiger partial charge in [-0.05, 0) is 30.0 Å². The Labute approximate surface area is 137 Å². The Balaban J connectivity index is 2.80. The zero-order chi connectivity index (χ0) is 17.4. The molecule has 0 fully saturated rings. The zero-order valence-electron chi connectivity index (χ0n) is 14.2. The van der Waals surface area contributed by atoms with E-state index in [1.165, 1.54) is 7.11 Å². The van der Waals surface area contributed by atoms with Crippen LogP contribution in [0, 0.1) is 5.92 Å². The highest BCUT2D eigenvalue weighted by Crippen LogP contribution is 2.14. The highest BCUT2D eigenvalue weighted by atomic mass is 16.5. The molecule has 0 radical (unpaired) electrons. The van der Waals surface area contributed by atoms with E-state index in [1.54, 1.807) is 7.11 Å². The smallest absolute Gasteiger partial charge is 0.328 e. The van der Waals surface area contributed by atoms with Crippen LogP contribution in [-0.4, -0.2) is 38.2 Å². The first-order valence-electron chi connectivity index (χ1n) is 7.64. The molecule has 3 N–H and O–H groups in total. The highest BCUT2D eigenvalue weighted by molar-refractivity contribution is 5.87. The summed E-state index contributed by atoms with van der Waals surface area (Å²) >= 11 is 0. The van der Waals surface area contributed by atoms with Crippen molar-refractivity contribution < 1.29 is 19.1 Å². The molecule has 2 unspecified atom stereocenters. The van der Waals surface area contributed by atoms with Crippen molar-refractivity contribution in [1.29, 1.82) is 0 Å². The lowest BCUT2D eigenvalue weighted by Gasteiger charge is -2.20. The Morgan fingerprint density at radius 2 is 1.96 bits per heavy atom. The van der Waals surface area contributed by atoms with Gasteiger partial charge in [0.1, 0.15) is 11.8 Å². The van der Waals surface area contributed by atoms with Crippen LogP contribution in [0.2, 0.25) is 0 Å². The second-order valence-corrected chi connectivity index (χ2v) is 5.88. The third kappa shape index (κ3) is 6.28. The monoisotopic (exact) mass is 322 g/mol. The SMILES string of the molecule is COC(=O)C(Cc1cccc(OC)c1)NC(=O)C(N)CC(C)C. The van der Waals surface area contributed by atoms with Crippen molar-refractivity contribution in [2.45, 2.75) is 38.8 Å². The molecule has 0 aliphatic rings. The number of carbonyl (C=O) groups is 2. The number of rotatable bonds is 8. The lowest BCUT2D eigenvalue weighted by molar-refractivity contribution is -0.145. The molecule has 0 bridgehead atoms. The highest BCUT2D eigenvalue weighted by Gasteiger charge is 2.25. The molecule has 0 aliphatic carbocycles. The molecule has 0 aromatic heterocycles. The van der Waals surface area contributed by atoms with Crippen molar-refractivity contribution in [3.63, 3.8) is 0 Å². The molecule has 1 amide bonds. The topological polar surface area (TPSA) is 90.6 Å². The maximum absolute atomic E-state index is 12.2. The van der Waals surface area contributed by atoms with Gasteiger partial charge in [-0.15, -0.1) is 0 Å². The number of esters is 1. The van der Waals surface area contributed by atoms with Gasteiger partial charge in [-0.25, -0.2) is 4.79 Å². The molecule has 128 valence electrons. The first-order valence-corrected chi connectivity index (χ1v) is 7.64. The van der Waals surface area contributed by atoms with Crippen molar-refractivity contribution in [1.82, 2.24) is 5.32 Å². The number of hydrogen-bond acceptors (Lipinski definition) is 5. The molecule has 1 rings (SSSR count). The van der Waals surface area contributed by atoms with E-state index in [-0.39, 0.29) is 5.91 Å². The van der Waals surface area contributed by atoms with Gasteiger partial charge in [0.2, 0.25) is 5.91 Å². The summed E-state index contributed by atoms with van der Waals surface area (Å²) in [6.07, 6.45) is 0.864. The molecule has 1 aromatic carbocycles. The molecule has 23 heavy (non-hydrogen) atoms. The fourth-order valence-electron chi connectivity index (χ4n) is 2.26. The van der Waals surface area contributed by atoms with E-state index in [0.29, 0.717) is 24.5 Å². The van der Waals surface area contributed by atoms with Crippen LogP contribution in [0.5, 0.6) is 5.75 Å². The predicted octanol–water partition coefficient (Wildman–Crippen LogP) is 1.27. The van der Waals surface area contributed by atoms with E-state index < -0.39 is 18.1 Å². The largest absolute Gasteiger partial charge is 0.497 e. The zero-order valence-corrected chi connectivity index (χ0v) is 14.2. The molecule has 6 nitrogen and oxygen atoms in total. The third-order valence-electron chi connectivity index (χ3n) is 3.44. The van der Waals surface area contributed by atoms with Gasteiger partial charge in [0, 0.05) is 6.42 Å². The summed E-state index contributed by atoms with van der Waals surface area (Å²) in [6.45, 7) is 3.97. The molecule has 0 saturated carbocycles. The third-order valence-corrected chi connectivity index (χ3v) is 3.44. The second-order valence-electron chi connectivity index (χ2n) is 5.88. The van der Waals surface area contributed by atoms with Crippen molar-refractivity contribution in [3.8, 4) is 5.75 Å². The summed E-state index contributed by atoms with van der Waals surface area (Å²) in [5, 5.41) is 2.68. The lowest BCUT2D eigenvalue weighted by atomic mass is 10.0. The van der Waals surface area contributed by atoms with Crippen LogP contribution < -0.4 is 15.8 Å². The maximum Gasteiger partial charge on any atom is 0.328 e. The molecular weight excluding hydrogens is 296 g/mol. The summed E-state index contributed by atoms with van der Waals surface area (Å²) in [5.74, 6) is 0.134. The second kappa shape index (κ2) is 9.15. The van der Waals surface area contributed by atoms with E-state index in [1.807, 2.05) is 38.1 Å². The van der Waals surface area contributed by atoms with E-state index >= 15 is 0 Å². The van der Waals surface area contributed by atoms with Gasteiger partial charge in [0.15, 0.2) is 0 Å². The number of amides is 1. The minimum absolute atomic E-state index is 0.297. The molecule has 0 heterocycles. The summed E-state index contributed by atoms with van der Waals surface area (Å²) in [6, 6.07) is 5.89. The lowest BCUT2D eigenvalue weighted by Crippen LogP contribution is -2.50. The average Bonchev–Trinajstić information content (AvgIpc) is 2.52. The summed E-state index contributed by atoms with van der Waals surface area (Å²) in [7, 11) is 2.87. The summed E-state index contributed by atoms with van der Waals surface area (Å²) in [5.41, 5.74) is 6.72. The van der Waals surface area contributed by atoms with Crippen LogP contribution in [0.4, 0.5) is 0 Å². The van der Waals surface area contributed by atoms with Gasteiger partial charge in [-0.2, -0.15) is 0 Å². The van der Waals surface area contributed by atoms with Gasteiger partial charge < -0.3 is 20.5 Å². The first kappa shape index (κ1) is 19.0. The Morgan fingerprint density at radius 3 is 2.52 bits per heavy atom. The van der Waals surface area contributed by atoms with E-state index in [2.05, 4.69) is 5.32 Å². The standard InChI is InChI=1S/C17H26N2O4/c1-11(2)8-14(18)16(20)19-15(17(21)23-4)10-12-6-5-7-13(9-12)22-3/h5-7,9,11,14-15H,8,10,18H2,1-4H3,(H,19,20). The van der Waals surface area contributed by atoms with Crippen LogP contribution >= 0.6 is 0 Å². The van der Waals surface area contributed by atoms with Gasteiger partial charge >= 0.3 is 5.97 Å². The molecule has 2 atom stereocenters. The molecule has 0 spiro atoms. The summed E-state index contributed by atoms with van der Waals surface area (Å²) < 4.78 is 9.94. The van der Waals surface area contributed by atoms with Gasteiger partial charge in [-0.1, -0.05) is 26.0 Å². The van der Waals surface area contributed by atoms with Gasteiger partial charge in [0.25, 0.3) is 0 Å². The van der Waals surface area contributed by atoms with Crippen molar-refractivity contribution in [2.24, 2.45) is 11.7 Å². The number of carbonyl (C=O) groups excluding carboxylic acids is 2. The quantitative estimate of drug-likeness (QED) is 0.703. The van der Waals surface area contributed by atoms with Crippen LogP contribution in [0.15, 0.2) is 24.3 Å². The number of benzene rings is 1. The molecule has 1 aromatic rings. The van der Waals surface area contributed by atoms with Crippen LogP contribution in [-0.2, 0) is 20.7 Å². The van der Waals surface area contributed by atoms with Crippen LogP contribution in [0.3, 0.4) is 0 Å². The number of nitrogens with one attached hydrogen (secondary N) is 1. The van der Waals surface area contributed by atoms with Gasteiger partial charge in [-0.3, -0.25) is 4.79 Å². The minimum Gasteiger partial charge on any atom is -0.497 e. The van der Waals surface area contributed by atoms with Crippen LogP contribution in [0.25, 0.3) is 0 Å². The molecular formula is C17H26N2O4. The van der Waals surface area contributed by atoms with Crippen molar-refractivity contribution in [2.75, 3.05) is 14.2 Å². The average molecular weight is 322 g/mol. The van der Waals surface area contributed by atoms with Crippen LogP contribution in [0.1, 0.15) is 25.8 Å². The van der Waals surface area contributed by atoms with E-state index in [0.717, 1.165) is 5.56 Å². The Bertz CT molecular complexity index is 531. The number of methoxy groups -OCH3 is 2. The van der Waals surface area contributed by atoms with Crippen molar-refractivity contribution >= 4 is 11.9 Å². The molecule has 0 saturated heterocycles. The Morgan fingerprint density at radius 1 is 1.26 bits per heavy atom. The summed E-state index contributed by atoms with van der Waals surface area (Å²) in [4.78, 5) is 24.1. The Hall–Kier alpha value is -2.08. The van der Waals surface area contributed by atoms with E-state index in [9.17, 15) is 9.59 Å². The van der Waals surface area contributed by atoms with E-state index in [4.69, 9.17) is 15.2 Å². The fourth-order valence-corrected chi connectivity index (χ4v) is 2.26.